The van der Waals surface area contributed by atoms with Gasteiger partial charge in [-0.3, -0.25) is 4.79 Å². The molecule has 0 rings (SSSR count). The second kappa shape index (κ2) is 8.99. The van der Waals surface area contributed by atoms with Crippen LogP contribution in [0.5, 0.6) is 0 Å². The Labute approximate surface area is 54.0 Å². The van der Waals surface area contributed by atoms with Crippen molar-refractivity contribution in [2.45, 2.75) is 0 Å². The van der Waals surface area contributed by atoms with Crippen molar-refractivity contribution in [1.82, 2.24) is 0 Å². The van der Waals surface area contributed by atoms with Crippen LogP contribution >= 0.6 is 12.6 Å². The predicted octanol–water partition coefficient (Wildman–Crippen LogP) is -2.78. The van der Waals surface area contributed by atoms with E-state index in [4.69, 9.17) is 4.79 Å². The van der Waals surface area contributed by atoms with Crippen molar-refractivity contribution >= 4 is 18.2 Å². The van der Waals surface area contributed by atoms with Gasteiger partial charge in [0, 0.05) is 0 Å². The van der Waals surface area contributed by atoms with E-state index < -0.39 is 0 Å². The molecule has 4 heavy (non-hydrogen) atoms. The third-order valence-corrected chi connectivity index (χ3v) is 0. The summed E-state index contributed by atoms with van der Waals surface area (Å²) in [5, 5.41) is 0. The molecule has 0 aromatic heterocycles. The van der Waals surface area contributed by atoms with E-state index in [2.05, 4.69) is 12.6 Å². The molecule has 0 heterocycles. The zero-order valence-corrected chi connectivity index (χ0v) is 5.33. The van der Waals surface area contributed by atoms with Gasteiger partial charge in [-0.25, -0.2) is 0 Å². The molecule has 0 fully saturated rings. The van der Waals surface area contributed by atoms with Crippen LogP contribution in [0.1, 0.15) is 1.43 Å². The summed E-state index contributed by atoms with van der Waals surface area (Å²) >= 11 is 3.11. The summed E-state index contributed by atoms with van der Waals surface area (Å²) in [5.41, 5.74) is 0.444. The summed E-state index contributed by atoms with van der Waals surface area (Å²) in [6, 6.07) is 0. The van der Waals surface area contributed by atoms with Crippen LogP contribution in [-0.2, 0) is 4.79 Å². The number of carbonyl (C=O) groups excluding carboxylic acids is 1. The summed E-state index contributed by atoms with van der Waals surface area (Å²) in [5.74, 6) is 0. The quantitative estimate of drug-likeness (QED) is 0.192. The molecular formula is CH3NaOS. The van der Waals surface area contributed by atoms with Gasteiger partial charge in [0.25, 0.3) is 0 Å². The Kier molecular flexibility index (Phi) is 20.0. The number of hydrogen-bond acceptors (Lipinski definition) is 1. The molecule has 0 amide bonds. The molecule has 0 aromatic carbocycles. The third kappa shape index (κ3) is 11.8. The number of thiol groups is 1. The van der Waals surface area contributed by atoms with E-state index in [1.165, 1.54) is 0 Å². The van der Waals surface area contributed by atoms with Crippen molar-refractivity contribution < 1.29 is 35.8 Å². The van der Waals surface area contributed by atoms with Crippen LogP contribution in [0.15, 0.2) is 0 Å². The first-order valence-corrected chi connectivity index (χ1v) is 1.01. The minimum absolute atomic E-state index is 0. The molecule has 0 aromatic rings. The molecule has 0 spiro atoms. The standard InChI is InChI=1S/CH2OS.Na.H/c2-1-3;;/h1H,(H,2,3);;/q;+1;-1. The molecule has 0 saturated carbocycles. The Balaban J connectivity index is -0.0000000200. The fourth-order valence-corrected chi connectivity index (χ4v) is 0. The molecule has 3 heteroatoms. The molecule has 0 saturated heterocycles. The van der Waals surface area contributed by atoms with E-state index >= 15 is 0 Å². The molecule has 0 atom stereocenters. The second-order valence-corrected chi connectivity index (χ2v) is 0.316. The van der Waals surface area contributed by atoms with Crippen LogP contribution in [0.4, 0.5) is 0 Å². The van der Waals surface area contributed by atoms with Crippen molar-refractivity contribution in [3.05, 3.63) is 0 Å². The maximum Gasteiger partial charge on any atom is 1.00 e. The topological polar surface area (TPSA) is 17.1 Å². The summed E-state index contributed by atoms with van der Waals surface area (Å²) in [4.78, 5) is 8.67. The van der Waals surface area contributed by atoms with E-state index in [1.807, 2.05) is 0 Å². The normalized spacial score (nSPS) is 3.25. The summed E-state index contributed by atoms with van der Waals surface area (Å²) in [6.07, 6.45) is 0. The molecule has 0 aliphatic carbocycles. The van der Waals surface area contributed by atoms with E-state index in [0.717, 1.165) is 0 Å². The van der Waals surface area contributed by atoms with Crippen molar-refractivity contribution in [2.75, 3.05) is 0 Å². The van der Waals surface area contributed by atoms with Gasteiger partial charge in [0.2, 0.25) is 0 Å². The van der Waals surface area contributed by atoms with Gasteiger partial charge in [0.05, 0.1) is 0 Å². The number of carbonyl (C=O) groups is 1. The Morgan fingerprint density at radius 3 is 2.00 bits per heavy atom. The van der Waals surface area contributed by atoms with Crippen LogP contribution in [0.2, 0.25) is 0 Å². The molecule has 0 N–H and O–H groups in total. The number of rotatable bonds is 0. The second-order valence-electron chi connectivity index (χ2n) is 0.105. The van der Waals surface area contributed by atoms with Gasteiger partial charge < -0.3 is 1.43 Å². The zero-order valence-electron chi connectivity index (χ0n) is 3.43. The van der Waals surface area contributed by atoms with Gasteiger partial charge in [0.15, 0.2) is 5.62 Å². The Morgan fingerprint density at radius 2 is 2.00 bits per heavy atom. The molecule has 0 aliphatic heterocycles. The first kappa shape index (κ1) is 8.89. The van der Waals surface area contributed by atoms with Gasteiger partial charge in [-0.15, -0.1) is 12.6 Å². The molecule has 0 radical (unpaired) electrons. The van der Waals surface area contributed by atoms with Crippen molar-refractivity contribution in [2.24, 2.45) is 0 Å². The van der Waals surface area contributed by atoms with E-state index in [0.29, 0.717) is 5.62 Å². The molecule has 0 aliphatic rings. The largest absolute Gasteiger partial charge is 1.00 e. The minimum atomic E-state index is 0. The average molecular weight is 86.1 g/mol. The van der Waals surface area contributed by atoms with Crippen LogP contribution in [0, 0.1) is 0 Å². The fraction of sp³-hybridized carbons (Fsp3) is 0. The van der Waals surface area contributed by atoms with Gasteiger partial charge >= 0.3 is 29.6 Å². The Hall–Kier alpha value is 1.02. The van der Waals surface area contributed by atoms with E-state index in [9.17, 15) is 0 Å². The molecular weight excluding hydrogens is 83.1 g/mol. The summed E-state index contributed by atoms with van der Waals surface area (Å²) < 4.78 is 0. The van der Waals surface area contributed by atoms with E-state index in [-0.39, 0.29) is 31.0 Å². The van der Waals surface area contributed by atoms with Gasteiger partial charge in [-0.05, 0) is 0 Å². The van der Waals surface area contributed by atoms with Crippen LogP contribution < -0.4 is 29.6 Å². The van der Waals surface area contributed by atoms with E-state index in [1.54, 1.807) is 0 Å². The Morgan fingerprint density at radius 1 is 2.00 bits per heavy atom. The van der Waals surface area contributed by atoms with Crippen molar-refractivity contribution in [1.29, 1.82) is 0 Å². The predicted molar refractivity (Wildman–Crippen MR) is 16.8 cm³/mol. The zero-order chi connectivity index (χ0) is 2.71. The summed E-state index contributed by atoms with van der Waals surface area (Å²) in [7, 11) is 0. The average Bonchev–Trinajstić information content (AvgIpc) is 0.918. The maximum absolute atomic E-state index is 8.67. The molecule has 1 nitrogen and oxygen atoms in total. The van der Waals surface area contributed by atoms with Crippen molar-refractivity contribution in [3.63, 3.8) is 0 Å². The first-order chi connectivity index (χ1) is 1.41. The SMILES string of the molecule is O=CS.[H-].[Na+]. The summed E-state index contributed by atoms with van der Waals surface area (Å²) in [6.45, 7) is 0. The Bertz CT molecular complexity index is 19.1. The van der Waals surface area contributed by atoms with Crippen LogP contribution in [0.3, 0.4) is 0 Å². The molecule has 0 unspecified atom stereocenters. The van der Waals surface area contributed by atoms with Gasteiger partial charge in [0.1, 0.15) is 0 Å². The maximum atomic E-state index is 8.67. The number of hydrogen-bond donors (Lipinski definition) is 1. The van der Waals surface area contributed by atoms with Crippen LogP contribution in [-0.4, -0.2) is 5.62 Å². The molecule has 20 valence electrons. The molecule has 0 bridgehead atoms. The smallest absolute Gasteiger partial charge is 1.00 e. The monoisotopic (exact) mass is 86.0 g/mol. The van der Waals surface area contributed by atoms with Crippen molar-refractivity contribution in [3.8, 4) is 0 Å². The first-order valence-electron chi connectivity index (χ1n) is 0.494. The third-order valence-electron chi connectivity index (χ3n) is 0. The fourth-order valence-electron chi connectivity index (χ4n) is 0. The van der Waals surface area contributed by atoms with Gasteiger partial charge in [-0.2, -0.15) is 0 Å². The van der Waals surface area contributed by atoms with Crippen LogP contribution in [0.25, 0.3) is 0 Å². The minimum Gasteiger partial charge on any atom is -1.00 e. The van der Waals surface area contributed by atoms with Gasteiger partial charge in [-0.1, -0.05) is 0 Å².